The van der Waals surface area contributed by atoms with E-state index >= 15 is 0 Å². The molecule has 3 rings (SSSR count). The summed E-state index contributed by atoms with van der Waals surface area (Å²) in [4.78, 5) is 2.28. The minimum Gasteiger partial charge on any atom is -0.374 e. The summed E-state index contributed by atoms with van der Waals surface area (Å²) in [6.07, 6.45) is 3.14. The summed E-state index contributed by atoms with van der Waals surface area (Å²) in [6, 6.07) is 11.8. The lowest BCUT2D eigenvalue weighted by atomic mass is 9.92. The lowest BCUT2D eigenvalue weighted by Crippen LogP contribution is -2.24. The Kier molecular flexibility index (Phi) is 4.67. The summed E-state index contributed by atoms with van der Waals surface area (Å²) < 4.78 is 14.4. The van der Waals surface area contributed by atoms with E-state index in [4.69, 9.17) is 5.73 Å². The largest absolute Gasteiger partial charge is 0.374 e. The van der Waals surface area contributed by atoms with Gasteiger partial charge in [-0.25, -0.2) is 4.39 Å². The van der Waals surface area contributed by atoms with Crippen LogP contribution >= 0.6 is 0 Å². The average molecular weight is 312 g/mol. The normalized spacial score (nSPS) is 15.4. The van der Waals surface area contributed by atoms with E-state index < -0.39 is 0 Å². The van der Waals surface area contributed by atoms with Gasteiger partial charge in [0.1, 0.15) is 5.82 Å². The molecule has 1 heterocycles. The van der Waals surface area contributed by atoms with Gasteiger partial charge in [-0.3, -0.25) is 0 Å². The summed E-state index contributed by atoms with van der Waals surface area (Å²) >= 11 is 0. The number of benzene rings is 2. The third kappa shape index (κ3) is 3.25. The van der Waals surface area contributed by atoms with Crippen molar-refractivity contribution in [2.45, 2.75) is 32.1 Å². The molecule has 1 unspecified atom stereocenters. The van der Waals surface area contributed by atoms with Gasteiger partial charge in [0.15, 0.2) is 0 Å². The molecule has 1 aliphatic heterocycles. The van der Waals surface area contributed by atoms with Gasteiger partial charge in [-0.1, -0.05) is 19.1 Å². The quantitative estimate of drug-likeness (QED) is 0.910. The van der Waals surface area contributed by atoms with Crippen molar-refractivity contribution >= 4 is 5.69 Å². The minimum absolute atomic E-state index is 0.155. The zero-order valence-corrected chi connectivity index (χ0v) is 14.0. The van der Waals surface area contributed by atoms with Gasteiger partial charge in [0.05, 0.1) is 0 Å². The van der Waals surface area contributed by atoms with Crippen LogP contribution in [0, 0.1) is 5.82 Å². The van der Waals surface area contributed by atoms with Crippen molar-refractivity contribution in [3.63, 3.8) is 0 Å². The number of anilines is 1. The Morgan fingerprint density at radius 3 is 2.83 bits per heavy atom. The van der Waals surface area contributed by atoms with E-state index in [1.807, 2.05) is 18.2 Å². The number of hydrogen-bond acceptors (Lipinski definition) is 2. The Labute approximate surface area is 138 Å². The zero-order valence-electron chi connectivity index (χ0n) is 14.0. The number of hydrogen-bond donors (Lipinski definition) is 1. The topological polar surface area (TPSA) is 29.3 Å². The van der Waals surface area contributed by atoms with Gasteiger partial charge < -0.3 is 10.6 Å². The molecule has 2 aromatic carbocycles. The van der Waals surface area contributed by atoms with Gasteiger partial charge in [0, 0.05) is 24.8 Å². The van der Waals surface area contributed by atoms with Gasteiger partial charge in [0.25, 0.3) is 0 Å². The van der Waals surface area contributed by atoms with Crippen LogP contribution in [-0.4, -0.2) is 20.1 Å². The van der Waals surface area contributed by atoms with Gasteiger partial charge >= 0.3 is 0 Å². The highest BCUT2D eigenvalue weighted by Crippen LogP contribution is 2.33. The number of nitrogens with two attached hydrogens (primary N) is 1. The molecule has 23 heavy (non-hydrogen) atoms. The fraction of sp³-hybridized carbons (Fsp3) is 0.400. The van der Waals surface area contributed by atoms with Crippen molar-refractivity contribution in [2.24, 2.45) is 5.73 Å². The molecule has 0 saturated heterocycles. The highest BCUT2D eigenvalue weighted by Gasteiger charge is 2.16. The first-order valence-corrected chi connectivity index (χ1v) is 8.44. The Balaban J connectivity index is 1.99. The molecule has 0 aliphatic carbocycles. The van der Waals surface area contributed by atoms with Crippen LogP contribution in [0.25, 0.3) is 11.1 Å². The fourth-order valence-corrected chi connectivity index (χ4v) is 3.44. The fourth-order valence-electron chi connectivity index (χ4n) is 3.44. The molecule has 2 nitrogen and oxygen atoms in total. The molecule has 2 N–H and O–H groups in total. The number of rotatable bonds is 4. The van der Waals surface area contributed by atoms with Crippen LogP contribution in [0.3, 0.4) is 0 Å². The van der Waals surface area contributed by atoms with Crippen LogP contribution in [-0.2, 0) is 6.42 Å². The summed E-state index contributed by atoms with van der Waals surface area (Å²) in [7, 11) is 2.12. The Morgan fingerprint density at radius 2 is 2.04 bits per heavy atom. The monoisotopic (exact) mass is 312 g/mol. The first-order valence-electron chi connectivity index (χ1n) is 8.44. The first-order chi connectivity index (χ1) is 11.1. The lowest BCUT2D eigenvalue weighted by molar-refractivity contribution is 0.627. The molecule has 1 aliphatic rings. The van der Waals surface area contributed by atoms with E-state index in [1.54, 1.807) is 6.07 Å². The minimum atomic E-state index is -0.155. The first kappa shape index (κ1) is 16.0. The van der Waals surface area contributed by atoms with Crippen LogP contribution < -0.4 is 10.6 Å². The van der Waals surface area contributed by atoms with Gasteiger partial charge in [-0.15, -0.1) is 0 Å². The average Bonchev–Trinajstić information content (AvgIpc) is 2.55. The third-order valence-electron chi connectivity index (χ3n) is 4.90. The van der Waals surface area contributed by atoms with Crippen LogP contribution in [0.5, 0.6) is 0 Å². The highest BCUT2D eigenvalue weighted by atomic mass is 19.1. The Hall–Kier alpha value is -1.87. The molecule has 0 radical (unpaired) electrons. The molecule has 1 atom stereocenters. The molecular formula is C20H25FN2. The number of halogens is 1. The molecule has 3 heteroatoms. The molecule has 0 fully saturated rings. The summed E-state index contributed by atoms with van der Waals surface area (Å²) in [5.41, 5.74) is 11.1. The van der Waals surface area contributed by atoms with Crippen molar-refractivity contribution in [1.82, 2.24) is 0 Å². The molecule has 122 valence electrons. The van der Waals surface area contributed by atoms with E-state index in [0.29, 0.717) is 18.0 Å². The lowest BCUT2D eigenvalue weighted by Gasteiger charge is -2.28. The van der Waals surface area contributed by atoms with Gasteiger partial charge in [-0.05, 0) is 72.7 Å². The SMILES string of the molecule is CC(CCN)c1ccc(F)c(-c2ccc3c(c2)CCCN3C)c1. The summed E-state index contributed by atoms with van der Waals surface area (Å²) in [5.74, 6) is 0.195. The molecule has 0 bridgehead atoms. The molecular weight excluding hydrogens is 287 g/mol. The Bertz CT molecular complexity index is 696. The maximum atomic E-state index is 14.4. The van der Waals surface area contributed by atoms with E-state index in [-0.39, 0.29) is 5.82 Å². The summed E-state index contributed by atoms with van der Waals surface area (Å²) in [6.45, 7) is 3.89. The second-order valence-corrected chi connectivity index (χ2v) is 6.59. The molecule has 0 saturated carbocycles. The number of fused-ring (bicyclic) bond motifs is 1. The maximum Gasteiger partial charge on any atom is 0.131 e. The smallest absolute Gasteiger partial charge is 0.131 e. The molecule has 0 amide bonds. The number of nitrogens with zero attached hydrogens (tertiary/aromatic N) is 1. The van der Waals surface area contributed by atoms with Crippen molar-refractivity contribution in [3.05, 3.63) is 53.3 Å². The molecule has 0 spiro atoms. The number of aryl methyl sites for hydroxylation is 1. The van der Waals surface area contributed by atoms with Crippen LogP contribution in [0.1, 0.15) is 36.8 Å². The second-order valence-electron chi connectivity index (χ2n) is 6.59. The van der Waals surface area contributed by atoms with Crippen molar-refractivity contribution in [3.8, 4) is 11.1 Å². The van der Waals surface area contributed by atoms with Crippen molar-refractivity contribution < 1.29 is 4.39 Å². The second kappa shape index (κ2) is 6.71. The van der Waals surface area contributed by atoms with E-state index in [9.17, 15) is 4.39 Å². The van der Waals surface area contributed by atoms with Crippen molar-refractivity contribution in [2.75, 3.05) is 25.0 Å². The van der Waals surface area contributed by atoms with Gasteiger partial charge in [0.2, 0.25) is 0 Å². The highest BCUT2D eigenvalue weighted by molar-refractivity contribution is 5.70. The maximum absolute atomic E-state index is 14.4. The van der Waals surface area contributed by atoms with E-state index in [2.05, 4.69) is 31.0 Å². The van der Waals surface area contributed by atoms with E-state index in [1.165, 1.54) is 11.3 Å². The Morgan fingerprint density at radius 1 is 1.22 bits per heavy atom. The predicted octanol–water partition coefficient (Wildman–Crippen LogP) is 4.33. The van der Waals surface area contributed by atoms with Crippen LogP contribution in [0.2, 0.25) is 0 Å². The van der Waals surface area contributed by atoms with E-state index in [0.717, 1.165) is 36.9 Å². The molecule has 2 aromatic rings. The van der Waals surface area contributed by atoms with Gasteiger partial charge in [-0.2, -0.15) is 0 Å². The zero-order chi connectivity index (χ0) is 16.4. The van der Waals surface area contributed by atoms with Crippen molar-refractivity contribution in [1.29, 1.82) is 0 Å². The molecule has 0 aromatic heterocycles. The standard InChI is InChI=1S/C20H25FN2/c1-14(9-10-22)15-5-7-19(21)18(13-15)16-6-8-20-17(12-16)4-3-11-23(20)2/h5-8,12-14H,3-4,9-11,22H2,1-2H3. The van der Waals surface area contributed by atoms with Crippen LogP contribution in [0.15, 0.2) is 36.4 Å². The third-order valence-corrected chi connectivity index (χ3v) is 4.90. The van der Waals surface area contributed by atoms with Crippen LogP contribution in [0.4, 0.5) is 10.1 Å². The predicted molar refractivity (Wildman–Crippen MR) is 95.5 cm³/mol. The summed E-state index contributed by atoms with van der Waals surface area (Å²) in [5, 5.41) is 0.